The van der Waals surface area contributed by atoms with Crippen molar-refractivity contribution in [3.63, 3.8) is 0 Å². The molecular weight excluding hydrogens is 920 g/mol. The predicted octanol–water partition coefficient (Wildman–Crippen LogP) is 15.4. The molecule has 3 aromatic heterocycles. The average molecular weight is 963 g/mol. The summed E-state index contributed by atoms with van der Waals surface area (Å²) >= 11 is 0. The number of benzene rings is 8. The van der Waals surface area contributed by atoms with Crippen LogP contribution in [0.2, 0.25) is 0 Å². The number of anilines is 1. The van der Waals surface area contributed by atoms with Gasteiger partial charge in [0.2, 0.25) is 5.91 Å². The van der Waals surface area contributed by atoms with Crippen molar-refractivity contribution in [3.05, 3.63) is 222 Å². The number of aryl methyl sites for hydroxylation is 1. The van der Waals surface area contributed by atoms with E-state index in [1.807, 2.05) is 54.6 Å². The van der Waals surface area contributed by atoms with E-state index < -0.39 is 0 Å². The molecular formula is C64H43N5OZn. The Labute approximate surface area is 423 Å². The summed E-state index contributed by atoms with van der Waals surface area (Å²) in [5.41, 5.74) is 16.2. The van der Waals surface area contributed by atoms with E-state index >= 15 is 0 Å². The molecule has 6 nitrogen and oxygen atoms in total. The summed E-state index contributed by atoms with van der Waals surface area (Å²) in [7, 11) is 0. The molecule has 2 aliphatic heterocycles. The summed E-state index contributed by atoms with van der Waals surface area (Å²) in [6, 6.07) is 67.3. The van der Waals surface area contributed by atoms with Gasteiger partial charge in [-0.3, -0.25) is 4.79 Å². The molecule has 2 aliphatic rings. The van der Waals surface area contributed by atoms with Crippen LogP contribution < -0.4 is 15.3 Å². The van der Waals surface area contributed by atoms with E-state index in [2.05, 4.69) is 169 Å². The van der Waals surface area contributed by atoms with Gasteiger partial charge in [-0.05, 0) is 132 Å². The standard InChI is InChI=1S/C64H44N5O.Zn/c70-58(21-11-18-40-22-23-46-25-24-44-19-10-20-45-28-31-49(40)60(46)59(44)45)65-48-29-26-47(27-30-48)64-56-38-36-54(68-56)62(42-14-6-2-7-15-42)52-34-32-50(66-52)61(41-12-4-1-5-13-41)51-33-35-53(67-51)63(43-16-8-3-9-17-43)55-37-39-57(64)69-55;/h1-10,12-17,19-20,22-39H,11,18,21H2,(H2-,65,66,67,68,69,70);/q-1;+2/p-1. The van der Waals surface area contributed by atoms with Crippen molar-refractivity contribution in [1.82, 2.24) is 19.9 Å². The van der Waals surface area contributed by atoms with Crippen LogP contribution in [0, 0.1) is 0 Å². The molecule has 0 saturated carbocycles. The first kappa shape index (κ1) is 43.8. The van der Waals surface area contributed by atoms with Gasteiger partial charge in [-0.2, -0.15) is 0 Å². The molecule has 0 aliphatic carbocycles. The number of fused-ring (bicyclic) bond motifs is 8. The number of carbonyl (C=O) groups is 1. The van der Waals surface area contributed by atoms with Gasteiger partial charge in [0.15, 0.2) is 0 Å². The van der Waals surface area contributed by atoms with Gasteiger partial charge in [-0.25, -0.2) is 9.97 Å². The van der Waals surface area contributed by atoms with Crippen LogP contribution in [0.5, 0.6) is 0 Å². The second-order valence-corrected chi connectivity index (χ2v) is 18.0. The average Bonchev–Trinajstić information content (AvgIpc) is 4.26. The third-order valence-corrected chi connectivity index (χ3v) is 13.7. The van der Waals surface area contributed by atoms with Crippen molar-refractivity contribution in [2.45, 2.75) is 19.3 Å². The second kappa shape index (κ2) is 18.4. The maximum Gasteiger partial charge on any atom is 2.00 e. The maximum atomic E-state index is 13.5. The topological polar surface area (TPSA) is 83.1 Å². The van der Waals surface area contributed by atoms with E-state index in [1.165, 1.54) is 37.9 Å². The van der Waals surface area contributed by atoms with Crippen LogP contribution in [-0.2, 0) is 30.7 Å². The Bertz CT molecular complexity index is 4010. The minimum atomic E-state index is -0.0116. The molecule has 0 saturated heterocycles. The van der Waals surface area contributed by atoms with E-state index in [0.29, 0.717) is 6.42 Å². The largest absolute Gasteiger partial charge is 2.00 e. The van der Waals surface area contributed by atoms with Crippen molar-refractivity contribution in [2.24, 2.45) is 0 Å². The molecule has 332 valence electrons. The molecule has 71 heavy (non-hydrogen) atoms. The number of hydrogen-bond acceptors (Lipinski definition) is 3. The number of nitrogens with one attached hydrogen (secondary N) is 1. The van der Waals surface area contributed by atoms with Crippen LogP contribution >= 0.6 is 0 Å². The van der Waals surface area contributed by atoms with Crippen molar-refractivity contribution >= 4 is 90.3 Å². The quantitative estimate of drug-likeness (QED) is 0.115. The Morgan fingerprint density at radius 2 is 0.817 bits per heavy atom. The molecule has 0 radical (unpaired) electrons. The Balaban J connectivity index is 0.00000517. The molecule has 11 aromatic rings. The van der Waals surface area contributed by atoms with E-state index in [9.17, 15) is 4.79 Å². The number of amides is 1. The molecule has 5 heterocycles. The summed E-state index contributed by atoms with van der Waals surface area (Å²) in [5, 5.41) is 10.8. The van der Waals surface area contributed by atoms with Gasteiger partial charge in [0.25, 0.3) is 0 Å². The Hall–Kier alpha value is -8.51. The Morgan fingerprint density at radius 3 is 1.28 bits per heavy atom. The summed E-state index contributed by atoms with van der Waals surface area (Å²) in [4.78, 5) is 35.1. The van der Waals surface area contributed by atoms with E-state index in [-0.39, 0.29) is 25.4 Å². The van der Waals surface area contributed by atoms with Crippen LogP contribution in [-0.4, -0.2) is 15.9 Å². The van der Waals surface area contributed by atoms with Gasteiger partial charge in [0, 0.05) is 12.1 Å². The molecule has 8 aromatic carbocycles. The second-order valence-electron chi connectivity index (χ2n) is 18.0. The van der Waals surface area contributed by atoms with Crippen molar-refractivity contribution in [2.75, 3.05) is 5.32 Å². The Morgan fingerprint density at radius 1 is 0.408 bits per heavy atom. The first-order valence-electron chi connectivity index (χ1n) is 23.9. The fourth-order valence-electron chi connectivity index (χ4n) is 10.5. The number of nitrogens with zero attached hydrogens (tertiary/aromatic N) is 4. The zero-order chi connectivity index (χ0) is 46.5. The molecule has 0 atom stereocenters. The van der Waals surface area contributed by atoms with Crippen molar-refractivity contribution in [3.8, 4) is 44.5 Å². The molecule has 8 bridgehead atoms. The number of aromatic nitrogens is 4. The summed E-state index contributed by atoms with van der Waals surface area (Å²) in [6.45, 7) is 0. The Kier molecular flexibility index (Phi) is 11.4. The molecule has 0 spiro atoms. The fourth-order valence-corrected chi connectivity index (χ4v) is 10.5. The van der Waals surface area contributed by atoms with Crippen LogP contribution in [0.15, 0.2) is 194 Å². The number of rotatable bonds is 9. The zero-order valence-corrected chi connectivity index (χ0v) is 41.8. The molecule has 0 unspecified atom stereocenters. The van der Waals surface area contributed by atoms with Gasteiger partial charge in [0.1, 0.15) is 0 Å². The third kappa shape index (κ3) is 8.04. The SMILES string of the molecule is O=C(CCCc1ccc2ccc3cccc4ccc1c2c34)Nc1ccc(-c2c3nc(c(-c4ccccc4)c4ccc([n-]4)c(-c4ccccc4)c4nc(c(-c5ccccc5)c5ccc2[n-]5)C=C4)C=C3)cc1.[Zn+2]. The normalized spacial score (nSPS) is 11.9. The first-order valence-corrected chi connectivity index (χ1v) is 23.9. The first-order chi connectivity index (χ1) is 34.6. The molecule has 7 heteroatoms. The minimum absolute atomic E-state index is 0. The molecule has 13 rings (SSSR count). The smallest absolute Gasteiger partial charge is 0.657 e. The number of hydrogen-bond donors (Lipinski definition) is 1. The van der Waals surface area contributed by atoms with Crippen LogP contribution in [0.4, 0.5) is 5.69 Å². The zero-order valence-electron chi connectivity index (χ0n) is 38.8. The van der Waals surface area contributed by atoms with Crippen LogP contribution in [0.25, 0.3) is 123 Å². The van der Waals surface area contributed by atoms with Gasteiger partial charge >= 0.3 is 19.5 Å². The van der Waals surface area contributed by atoms with Crippen LogP contribution in [0.3, 0.4) is 0 Å². The monoisotopic (exact) mass is 961 g/mol. The van der Waals surface area contributed by atoms with Crippen LogP contribution in [0.1, 0.15) is 41.2 Å². The fraction of sp³-hybridized carbons (Fsp3) is 0.0469. The van der Waals surface area contributed by atoms with Gasteiger partial charge in [0.05, 0.1) is 22.8 Å². The van der Waals surface area contributed by atoms with E-state index in [1.54, 1.807) is 0 Å². The van der Waals surface area contributed by atoms with E-state index in [0.717, 1.165) is 108 Å². The third-order valence-electron chi connectivity index (χ3n) is 13.7. The van der Waals surface area contributed by atoms with Gasteiger partial charge < -0.3 is 15.3 Å². The predicted molar refractivity (Wildman–Crippen MR) is 290 cm³/mol. The van der Waals surface area contributed by atoms with Gasteiger partial charge in [-0.15, -0.1) is 22.1 Å². The summed E-state index contributed by atoms with van der Waals surface area (Å²) < 4.78 is 0. The minimum Gasteiger partial charge on any atom is -0.657 e. The maximum absolute atomic E-state index is 13.5. The van der Waals surface area contributed by atoms with Gasteiger partial charge in [-0.1, -0.05) is 182 Å². The summed E-state index contributed by atoms with van der Waals surface area (Å²) in [5.74, 6) is -0.0116. The summed E-state index contributed by atoms with van der Waals surface area (Å²) in [6.07, 6.45) is 10.3. The molecule has 0 fully saturated rings. The molecule has 1 amide bonds. The molecule has 1 N–H and O–H groups in total. The number of carbonyl (C=O) groups excluding carboxylic acids is 1. The van der Waals surface area contributed by atoms with Crippen molar-refractivity contribution in [1.29, 1.82) is 0 Å². The van der Waals surface area contributed by atoms with Crippen molar-refractivity contribution < 1.29 is 24.3 Å². The van der Waals surface area contributed by atoms with E-state index in [4.69, 9.17) is 19.9 Å².